The van der Waals surface area contributed by atoms with Crippen molar-refractivity contribution in [2.75, 3.05) is 20.3 Å². The normalized spacial score (nSPS) is 12.9. The van der Waals surface area contributed by atoms with Crippen molar-refractivity contribution in [3.8, 4) is 0 Å². The molecule has 1 aromatic carbocycles. The van der Waals surface area contributed by atoms with Gasteiger partial charge < -0.3 is 10.1 Å². The lowest BCUT2D eigenvalue weighted by Gasteiger charge is -2.20. The van der Waals surface area contributed by atoms with Crippen LogP contribution in [-0.4, -0.2) is 29.8 Å². The first-order valence-corrected chi connectivity index (χ1v) is 8.40. The van der Waals surface area contributed by atoms with Gasteiger partial charge in [0.25, 0.3) is 5.56 Å². The summed E-state index contributed by atoms with van der Waals surface area (Å²) in [6, 6.07) is 7.75. The summed E-state index contributed by atoms with van der Waals surface area (Å²) in [5.74, 6) is 1.46. The number of nitrogens with zero attached hydrogens (tertiary/aromatic N) is 2. The van der Waals surface area contributed by atoms with E-state index in [1.807, 2.05) is 24.3 Å². The first-order chi connectivity index (χ1) is 11.1. The van der Waals surface area contributed by atoms with Crippen molar-refractivity contribution < 1.29 is 10.1 Å². The maximum atomic E-state index is 12.9. The summed E-state index contributed by atoms with van der Waals surface area (Å²) in [5.41, 5.74) is 0.802. The first kappa shape index (κ1) is 17.6. The number of fused-ring (bicyclic) bond motifs is 1. The molecule has 5 heteroatoms. The van der Waals surface area contributed by atoms with Gasteiger partial charge in [-0.2, -0.15) is 0 Å². The second kappa shape index (κ2) is 8.22. The highest BCUT2D eigenvalue weighted by molar-refractivity contribution is 5.77. The van der Waals surface area contributed by atoms with E-state index < -0.39 is 0 Å². The highest BCUT2D eigenvalue weighted by atomic mass is 16.5. The molecule has 5 nitrogen and oxygen atoms in total. The number of methoxy groups -OCH3 is 1. The van der Waals surface area contributed by atoms with Gasteiger partial charge in [-0.1, -0.05) is 32.9 Å². The van der Waals surface area contributed by atoms with Crippen LogP contribution in [0.5, 0.6) is 0 Å². The summed E-state index contributed by atoms with van der Waals surface area (Å²) < 4.78 is 6.97. The summed E-state index contributed by atoms with van der Waals surface area (Å²) in [6.45, 7) is 8.61. The third-order valence-electron chi connectivity index (χ3n) is 4.07. The van der Waals surface area contributed by atoms with E-state index in [9.17, 15) is 4.79 Å². The molecule has 0 amide bonds. The fourth-order valence-corrected chi connectivity index (χ4v) is 2.76. The molecule has 0 spiro atoms. The van der Waals surface area contributed by atoms with Crippen LogP contribution in [-0.2, 0) is 11.3 Å². The van der Waals surface area contributed by atoms with Crippen molar-refractivity contribution in [1.82, 2.24) is 9.55 Å². The van der Waals surface area contributed by atoms with Gasteiger partial charge in [-0.25, -0.2) is 4.98 Å². The molecule has 2 N–H and O–H groups in total. The summed E-state index contributed by atoms with van der Waals surface area (Å²) in [5, 5.41) is 2.97. The third-order valence-corrected chi connectivity index (χ3v) is 4.07. The van der Waals surface area contributed by atoms with Crippen molar-refractivity contribution in [1.29, 1.82) is 0 Å². The number of rotatable bonds is 8. The average molecular weight is 318 g/mol. The van der Waals surface area contributed by atoms with Gasteiger partial charge in [0.05, 0.1) is 30.6 Å². The van der Waals surface area contributed by atoms with Crippen LogP contribution in [0.25, 0.3) is 10.9 Å². The molecule has 0 aliphatic heterocycles. The van der Waals surface area contributed by atoms with E-state index in [1.165, 1.54) is 0 Å². The molecule has 2 rings (SSSR count). The van der Waals surface area contributed by atoms with Crippen LogP contribution in [0, 0.1) is 5.92 Å². The van der Waals surface area contributed by atoms with Crippen LogP contribution in [0.2, 0.25) is 0 Å². The van der Waals surface area contributed by atoms with E-state index in [2.05, 4.69) is 26.1 Å². The predicted octanol–water partition coefficient (Wildman–Crippen LogP) is 1.71. The van der Waals surface area contributed by atoms with Crippen LogP contribution >= 0.6 is 0 Å². The van der Waals surface area contributed by atoms with Crippen molar-refractivity contribution in [3.63, 3.8) is 0 Å². The van der Waals surface area contributed by atoms with Gasteiger partial charge in [0.2, 0.25) is 0 Å². The summed E-state index contributed by atoms with van der Waals surface area (Å²) in [7, 11) is 1.65. The van der Waals surface area contributed by atoms with Crippen LogP contribution < -0.4 is 10.9 Å². The molecule has 23 heavy (non-hydrogen) atoms. The van der Waals surface area contributed by atoms with Gasteiger partial charge in [0, 0.05) is 19.4 Å². The minimum atomic E-state index is 0.0269. The highest BCUT2D eigenvalue weighted by Crippen LogP contribution is 2.14. The van der Waals surface area contributed by atoms with Crippen molar-refractivity contribution >= 4 is 10.9 Å². The van der Waals surface area contributed by atoms with E-state index >= 15 is 0 Å². The Morgan fingerprint density at radius 3 is 2.70 bits per heavy atom. The monoisotopic (exact) mass is 318 g/mol. The van der Waals surface area contributed by atoms with E-state index in [-0.39, 0.29) is 11.6 Å². The SMILES string of the molecule is CC[C@@H]([NH2+]CC(C)C)c1nc2ccccc2c(=O)n1CCOC. The molecule has 0 aliphatic carbocycles. The summed E-state index contributed by atoms with van der Waals surface area (Å²) in [6.07, 6.45) is 0.935. The largest absolute Gasteiger partial charge is 0.383 e. The zero-order valence-electron chi connectivity index (χ0n) is 14.6. The number of hydrogen-bond donors (Lipinski definition) is 1. The number of benzene rings is 1. The van der Waals surface area contributed by atoms with Gasteiger partial charge in [-0.05, 0) is 12.1 Å². The number of quaternary nitrogens is 1. The molecule has 1 atom stereocenters. The van der Waals surface area contributed by atoms with E-state index in [0.717, 1.165) is 24.3 Å². The number of aromatic nitrogens is 2. The lowest BCUT2D eigenvalue weighted by molar-refractivity contribution is -0.702. The Kier molecular flexibility index (Phi) is 6.30. The molecule has 1 heterocycles. The zero-order chi connectivity index (χ0) is 16.8. The fraction of sp³-hybridized carbons (Fsp3) is 0.556. The van der Waals surface area contributed by atoms with Crippen LogP contribution in [0.1, 0.15) is 39.1 Å². The molecular weight excluding hydrogens is 290 g/mol. The molecule has 0 unspecified atom stereocenters. The van der Waals surface area contributed by atoms with Gasteiger partial charge in [-0.3, -0.25) is 9.36 Å². The van der Waals surface area contributed by atoms with Gasteiger partial charge in [0.1, 0.15) is 6.04 Å². The Morgan fingerprint density at radius 2 is 2.04 bits per heavy atom. The summed E-state index contributed by atoms with van der Waals surface area (Å²) >= 11 is 0. The molecule has 0 aliphatic rings. The van der Waals surface area contributed by atoms with Gasteiger partial charge in [-0.15, -0.1) is 0 Å². The quantitative estimate of drug-likeness (QED) is 0.806. The Labute approximate surface area is 137 Å². The zero-order valence-corrected chi connectivity index (χ0v) is 14.6. The Balaban J connectivity index is 2.51. The minimum Gasteiger partial charge on any atom is -0.383 e. The molecule has 0 radical (unpaired) electrons. The smallest absolute Gasteiger partial charge is 0.261 e. The molecule has 0 saturated heterocycles. The fourth-order valence-electron chi connectivity index (χ4n) is 2.76. The van der Waals surface area contributed by atoms with E-state index in [0.29, 0.717) is 24.5 Å². The highest BCUT2D eigenvalue weighted by Gasteiger charge is 2.21. The van der Waals surface area contributed by atoms with Crippen LogP contribution in [0.15, 0.2) is 29.1 Å². The molecule has 0 saturated carbocycles. The Morgan fingerprint density at radius 1 is 1.30 bits per heavy atom. The molecule has 1 aromatic heterocycles. The second-order valence-corrected chi connectivity index (χ2v) is 6.32. The molecule has 0 bridgehead atoms. The lowest BCUT2D eigenvalue weighted by Crippen LogP contribution is -2.86. The third kappa shape index (κ3) is 4.18. The number of nitrogens with two attached hydrogens (primary N) is 1. The molecule has 2 aromatic rings. The number of para-hydroxylation sites is 1. The minimum absolute atomic E-state index is 0.0269. The first-order valence-electron chi connectivity index (χ1n) is 8.40. The van der Waals surface area contributed by atoms with Crippen molar-refractivity contribution in [2.45, 2.75) is 39.8 Å². The average Bonchev–Trinajstić information content (AvgIpc) is 2.55. The second-order valence-electron chi connectivity index (χ2n) is 6.32. The predicted molar refractivity (Wildman–Crippen MR) is 92.5 cm³/mol. The van der Waals surface area contributed by atoms with Crippen molar-refractivity contribution in [2.24, 2.45) is 5.92 Å². The number of ether oxygens (including phenoxy) is 1. The van der Waals surface area contributed by atoms with Crippen LogP contribution in [0.4, 0.5) is 0 Å². The van der Waals surface area contributed by atoms with Crippen LogP contribution in [0.3, 0.4) is 0 Å². The maximum absolute atomic E-state index is 12.9. The molecule has 0 fully saturated rings. The number of hydrogen-bond acceptors (Lipinski definition) is 3. The maximum Gasteiger partial charge on any atom is 0.261 e. The Hall–Kier alpha value is -1.72. The van der Waals surface area contributed by atoms with Gasteiger partial charge >= 0.3 is 0 Å². The van der Waals surface area contributed by atoms with Crippen molar-refractivity contribution in [3.05, 3.63) is 40.4 Å². The standard InChI is InChI=1S/C18H27N3O2/c1-5-15(19-12-13(2)3)17-20-16-9-7-6-8-14(16)18(22)21(17)10-11-23-4/h6-9,13,15,19H,5,10-12H2,1-4H3/p+1/t15-/m1/s1. The topological polar surface area (TPSA) is 60.7 Å². The molecular formula is C18H28N3O2+. The Bertz CT molecular complexity index is 694. The van der Waals surface area contributed by atoms with E-state index in [4.69, 9.17) is 9.72 Å². The lowest BCUT2D eigenvalue weighted by atomic mass is 10.1. The van der Waals surface area contributed by atoms with E-state index in [1.54, 1.807) is 11.7 Å². The molecule has 126 valence electrons. The van der Waals surface area contributed by atoms with Gasteiger partial charge in [0.15, 0.2) is 5.82 Å². The summed E-state index contributed by atoms with van der Waals surface area (Å²) in [4.78, 5) is 17.7.